The minimum atomic E-state index is 0.581. The molecule has 0 atom stereocenters. The lowest BCUT2D eigenvalue weighted by atomic mass is 9.90. The third-order valence-corrected chi connectivity index (χ3v) is 6.52. The van der Waals surface area contributed by atoms with Crippen LogP contribution in [-0.2, 0) is 12.8 Å². The Morgan fingerprint density at radius 3 is 1.54 bits per heavy atom. The van der Waals surface area contributed by atoms with E-state index >= 15 is 0 Å². The first-order valence-electron chi connectivity index (χ1n) is 12.2. The van der Waals surface area contributed by atoms with Crippen LogP contribution in [0.15, 0.2) is 78.9 Å². The monoisotopic (exact) mass is 488 g/mol. The minimum absolute atomic E-state index is 0.581. The Morgan fingerprint density at radius 1 is 0.514 bits per heavy atom. The highest BCUT2D eigenvalue weighted by molar-refractivity contribution is 5.45. The molecule has 0 fully saturated rings. The van der Waals surface area contributed by atoms with Gasteiger partial charge in [0.2, 0.25) is 0 Å². The van der Waals surface area contributed by atoms with Gasteiger partial charge in [0.1, 0.15) is 11.5 Å². The molecular formula is C33H32N2O2. The predicted molar refractivity (Wildman–Crippen MR) is 148 cm³/mol. The predicted octanol–water partition coefficient (Wildman–Crippen LogP) is 7.82. The molecule has 0 unspecified atom stereocenters. The number of rotatable bonds is 6. The lowest BCUT2D eigenvalue weighted by Crippen LogP contribution is -2.01. The number of benzene rings is 4. The number of hydrogen-bond donors (Lipinski definition) is 0. The number of ether oxygens (including phenoxy) is 2. The molecule has 0 aliphatic carbocycles. The molecule has 4 heteroatoms. The van der Waals surface area contributed by atoms with Crippen LogP contribution in [0.25, 0.3) is 0 Å². The molecule has 0 heterocycles. The van der Waals surface area contributed by atoms with E-state index in [1.54, 1.807) is 24.6 Å². The van der Waals surface area contributed by atoms with E-state index in [2.05, 4.69) is 63.6 Å². The van der Waals surface area contributed by atoms with Gasteiger partial charge in [-0.1, -0.05) is 54.6 Å². The molecule has 0 bridgehead atoms. The van der Waals surface area contributed by atoms with Gasteiger partial charge >= 0.3 is 0 Å². The second kappa shape index (κ2) is 13.0. The van der Waals surface area contributed by atoms with Crippen molar-refractivity contribution in [2.24, 2.45) is 0 Å². The van der Waals surface area contributed by atoms with Crippen molar-refractivity contribution in [2.75, 3.05) is 0 Å². The van der Waals surface area contributed by atoms with E-state index in [4.69, 9.17) is 15.3 Å². The Bertz CT molecular complexity index is 1430. The maximum absolute atomic E-state index is 8.62. The SMILES string of the molecule is Cc1cc(C)c(Cc2cc(Cc3ccc(OC#N)cc3)c(C)cc2C)cc1C.N#COc1ccccc1. The minimum Gasteiger partial charge on any atom is -0.388 e. The molecule has 0 aliphatic heterocycles. The van der Waals surface area contributed by atoms with Crippen molar-refractivity contribution in [2.45, 2.75) is 47.5 Å². The topological polar surface area (TPSA) is 66.0 Å². The van der Waals surface area contributed by atoms with E-state index in [9.17, 15) is 0 Å². The average Bonchev–Trinajstić information content (AvgIpc) is 2.88. The summed E-state index contributed by atoms with van der Waals surface area (Å²) >= 11 is 0. The molecule has 4 aromatic carbocycles. The fraction of sp³-hybridized carbons (Fsp3) is 0.212. The Labute approximate surface area is 220 Å². The molecule has 0 aromatic heterocycles. The molecule has 0 spiro atoms. The van der Waals surface area contributed by atoms with Crippen LogP contribution in [0, 0.1) is 57.7 Å². The standard InChI is InChI=1S/C26H27NO.C7H5NO/c1-17-10-19(3)23(12-18(17)2)14-25-15-24(20(4)11-21(25)5)13-22-6-8-26(9-7-22)28-16-27;8-6-9-7-4-2-1-3-5-7/h6-12,15H,13-14H2,1-5H3;1-5H. The Balaban J connectivity index is 0.000000356. The Kier molecular flexibility index (Phi) is 9.48. The molecule has 186 valence electrons. The lowest BCUT2D eigenvalue weighted by molar-refractivity contribution is 0.507. The van der Waals surface area contributed by atoms with Crippen molar-refractivity contribution < 1.29 is 9.47 Å². The first-order valence-corrected chi connectivity index (χ1v) is 12.2. The van der Waals surface area contributed by atoms with E-state index in [-0.39, 0.29) is 0 Å². The molecule has 0 saturated carbocycles. The first kappa shape index (κ1) is 27.1. The molecule has 4 rings (SSSR count). The second-order valence-electron chi connectivity index (χ2n) is 9.27. The maximum atomic E-state index is 8.62. The van der Waals surface area contributed by atoms with Gasteiger partial charge in [0.05, 0.1) is 0 Å². The fourth-order valence-electron chi connectivity index (χ4n) is 4.23. The number of para-hydroxylation sites is 1. The van der Waals surface area contributed by atoms with Gasteiger partial charge in [-0.3, -0.25) is 0 Å². The summed E-state index contributed by atoms with van der Waals surface area (Å²) in [7, 11) is 0. The van der Waals surface area contributed by atoms with Gasteiger partial charge in [-0.05, 0) is 122 Å². The molecular weight excluding hydrogens is 456 g/mol. The second-order valence-corrected chi connectivity index (χ2v) is 9.27. The highest BCUT2D eigenvalue weighted by Crippen LogP contribution is 2.25. The van der Waals surface area contributed by atoms with Gasteiger partial charge in [-0.15, -0.1) is 10.5 Å². The van der Waals surface area contributed by atoms with Crippen molar-refractivity contribution >= 4 is 0 Å². The summed E-state index contributed by atoms with van der Waals surface area (Å²) in [5.41, 5.74) is 12.1. The van der Waals surface area contributed by atoms with Crippen LogP contribution in [-0.4, -0.2) is 0 Å². The third-order valence-electron chi connectivity index (χ3n) is 6.52. The summed E-state index contributed by atoms with van der Waals surface area (Å²) in [6.45, 7) is 11.0. The lowest BCUT2D eigenvalue weighted by Gasteiger charge is -2.15. The van der Waals surface area contributed by atoms with Crippen LogP contribution in [0.2, 0.25) is 0 Å². The van der Waals surface area contributed by atoms with Gasteiger partial charge in [-0.2, -0.15) is 0 Å². The number of aryl methyl sites for hydroxylation is 5. The number of nitrogens with zero attached hydrogens (tertiary/aromatic N) is 2. The molecule has 0 aliphatic rings. The zero-order chi connectivity index (χ0) is 26.8. The number of hydrogen-bond acceptors (Lipinski definition) is 4. The van der Waals surface area contributed by atoms with Crippen LogP contribution in [0.4, 0.5) is 0 Å². The number of nitriles is 2. The highest BCUT2D eigenvalue weighted by Gasteiger charge is 2.09. The van der Waals surface area contributed by atoms with Crippen molar-refractivity contribution in [3.8, 4) is 24.0 Å². The zero-order valence-electron chi connectivity index (χ0n) is 22.1. The molecule has 0 N–H and O–H groups in total. The van der Waals surface area contributed by atoms with E-state index in [1.165, 1.54) is 50.1 Å². The molecule has 4 aromatic rings. The van der Waals surface area contributed by atoms with Crippen LogP contribution in [0.1, 0.15) is 50.1 Å². The van der Waals surface area contributed by atoms with Gasteiger partial charge in [0, 0.05) is 0 Å². The van der Waals surface area contributed by atoms with Crippen LogP contribution in [0.5, 0.6) is 11.5 Å². The highest BCUT2D eigenvalue weighted by atomic mass is 16.5. The summed E-state index contributed by atoms with van der Waals surface area (Å²) in [5, 5.41) is 16.7. The molecule has 0 amide bonds. The van der Waals surface area contributed by atoms with Gasteiger partial charge < -0.3 is 9.47 Å². The Hall–Kier alpha value is -4.54. The molecule has 0 radical (unpaired) electrons. The maximum Gasteiger partial charge on any atom is 0.292 e. The summed E-state index contributed by atoms with van der Waals surface area (Å²) in [6, 6.07) is 26.0. The normalized spacial score (nSPS) is 9.92. The van der Waals surface area contributed by atoms with Crippen LogP contribution in [0.3, 0.4) is 0 Å². The smallest absolute Gasteiger partial charge is 0.292 e. The van der Waals surface area contributed by atoms with Crippen molar-refractivity contribution in [1.29, 1.82) is 10.5 Å². The summed E-state index contributed by atoms with van der Waals surface area (Å²) in [5.74, 6) is 1.16. The van der Waals surface area contributed by atoms with E-state index in [0.717, 1.165) is 12.8 Å². The fourth-order valence-corrected chi connectivity index (χ4v) is 4.23. The van der Waals surface area contributed by atoms with E-state index in [1.807, 2.05) is 42.5 Å². The van der Waals surface area contributed by atoms with Crippen LogP contribution >= 0.6 is 0 Å². The van der Waals surface area contributed by atoms with E-state index in [0.29, 0.717) is 11.5 Å². The first-order chi connectivity index (χ1) is 17.8. The van der Waals surface area contributed by atoms with Crippen molar-refractivity contribution in [3.63, 3.8) is 0 Å². The Morgan fingerprint density at radius 2 is 0.973 bits per heavy atom. The van der Waals surface area contributed by atoms with Crippen LogP contribution < -0.4 is 9.47 Å². The summed E-state index contributed by atoms with van der Waals surface area (Å²) < 4.78 is 9.38. The molecule has 4 nitrogen and oxygen atoms in total. The summed E-state index contributed by atoms with van der Waals surface area (Å²) in [6.07, 6.45) is 5.13. The van der Waals surface area contributed by atoms with Crippen molar-refractivity contribution in [1.82, 2.24) is 0 Å². The van der Waals surface area contributed by atoms with E-state index < -0.39 is 0 Å². The van der Waals surface area contributed by atoms with Gasteiger partial charge in [-0.25, -0.2) is 0 Å². The summed E-state index contributed by atoms with van der Waals surface area (Å²) in [4.78, 5) is 0. The average molecular weight is 489 g/mol. The molecule has 37 heavy (non-hydrogen) atoms. The van der Waals surface area contributed by atoms with Gasteiger partial charge in [0.25, 0.3) is 12.5 Å². The van der Waals surface area contributed by atoms with Crippen molar-refractivity contribution in [3.05, 3.63) is 129 Å². The quantitative estimate of drug-likeness (QED) is 0.260. The zero-order valence-corrected chi connectivity index (χ0v) is 22.1. The molecule has 0 saturated heterocycles. The largest absolute Gasteiger partial charge is 0.388 e. The third kappa shape index (κ3) is 7.72. The van der Waals surface area contributed by atoms with Gasteiger partial charge in [0.15, 0.2) is 0 Å².